The lowest BCUT2D eigenvalue weighted by molar-refractivity contribution is -0.131. The van der Waals surface area contributed by atoms with Crippen LogP contribution in [0.25, 0.3) is 6.08 Å². The van der Waals surface area contributed by atoms with Gasteiger partial charge in [0.05, 0.1) is 0 Å². The molecule has 1 aliphatic rings. The number of hydrogen-bond donors (Lipinski definition) is 1. The van der Waals surface area contributed by atoms with Gasteiger partial charge in [-0.1, -0.05) is 0 Å². The van der Waals surface area contributed by atoms with Gasteiger partial charge in [0.15, 0.2) is 0 Å². The van der Waals surface area contributed by atoms with Gasteiger partial charge in [-0.15, -0.1) is 0 Å². The number of anilines is 1. The van der Waals surface area contributed by atoms with E-state index in [0.717, 1.165) is 50.1 Å². The van der Waals surface area contributed by atoms with Crippen LogP contribution in [0.1, 0.15) is 12.0 Å². The molecule has 1 N–H and O–H groups in total. The fourth-order valence-electron chi connectivity index (χ4n) is 2.22. The highest BCUT2D eigenvalue weighted by Crippen LogP contribution is 2.20. The minimum absolute atomic E-state index is 0.856. The van der Waals surface area contributed by atoms with Gasteiger partial charge in [-0.3, -0.25) is 0 Å². The molecule has 0 amide bonds. The van der Waals surface area contributed by atoms with E-state index in [1.165, 1.54) is 0 Å². The molecule has 0 saturated carbocycles. The molecule has 0 atom stereocenters. The van der Waals surface area contributed by atoms with Crippen LogP contribution in [0.2, 0.25) is 0 Å². The zero-order valence-electron chi connectivity index (χ0n) is 11.1. The van der Waals surface area contributed by atoms with Crippen molar-refractivity contribution in [1.82, 2.24) is 9.88 Å². The molecular formula is C14H19N3O2. The molecule has 0 bridgehead atoms. The van der Waals surface area contributed by atoms with Crippen molar-refractivity contribution in [2.75, 3.05) is 38.1 Å². The van der Waals surface area contributed by atoms with E-state index in [2.05, 4.69) is 21.8 Å². The summed E-state index contributed by atoms with van der Waals surface area (Å²) in [7, 11) is 2.12. The first-order valence-corrected chi connectivity index (χ1v) is 6.46. The molecule has 1 fully saturated rings. The van der Waals surface area contributed by atoms with Crippen molar-refractivity contribution in [3.8, 4) is 0 Å². The Hall–Kier alpha value is -1.88. The van der Waals surface area contributed by atoms with Crippen LogP contribution in [-0.4, -0.2) is 54.2 Å². The monoisotopic (exact) mass is 261 g/mol. The lowest BCUT2D eigenvalue weighted by Gasteiger charge is -2.23. The number of carboxylic acids is 1. The number of likely N-dealkylation sites (N-methyl/N-ethyl adjacent to an activating group) is 1. The summed E-state index contributed by atoms with van der Waals surface area (Å²) >= 11 is 0. The maximum absolute atomic E-state index is 10.6. The van der Waals surface area contributed by atoms with Crippen molar-refractivity contribution in [1.29, 1.82) is 0 Å². The number of hydrogen-bond acceptors (Lipinski definition) is 4. The Labute approximate surface area is 113 Å². The van der Waals surface area contributed by atoms with Crippen LogP contribution in [0.4, 0.5) is 5.82 Å². The normalized spacial score (nSPS) is 17.6. The van der Waals surface area contributed by atoms with E-state index in [1.54, 1.807) is 12.3 Å². The van der Waals surface area contributed by atoms with E-state index in [9.17, 15) is 4.79 Å². The average molecular weight is 261 g/mol. The number of nitrogens with zero attached hydrogens (tertiary/aromatic N) is 3. The third-order valence-electron chi connectivity index (χ3n) is 3.24. The Bertz CT molecular complexity index is 474. The van der Waals surface area contributed by atoms with E-state index in [1.807, 2.05) is 12.1 Å². The summed E-state index contributed by atoms with van der Waals surface area (Å²) in [4.78, 5) is 19.6. The van der Waals surface area contributed by atoms with Gasteiger partial charge in [0.25, 0.3) is 0 Å². The van der Waals surface area contributed by atoms with Gasteiger partial charge in [-0.2, -0.15) is 0 Å². The third kappa shape index (κ3) is 3.79. The highest BCUT2D eigenvalue weighted by Gasteiger charge is 2.15. The third-order valence-corrected chi connectivity index (χ3v) is 3.24. The smallest absolute Gasteiger partial charge is 0.328 e. The summed E-state index contributed by atoms with van der Waals surface area (Å²) in [5.41, 5.74) is 0.856. The number of aliphatic carboxylic acids is 1. The summed E-state index contributed by atoms with van der Waals surface area (Å²) in [5, 5.41) is 8.73. The Morgan fingerprint density at radius 2 is 2.21 bits per heavy atom. The summed E-state index contributed by atoms with van der Waals surface area (Å²) in [6.45, 7) is 3.96. The zero-order chi connectivity index (χ0) is 13.7. The average Bonchev–Trinajstić information content (AvgIpc) is 2.61. The standard InChI is InChI=1S/C14H19N3O2/c1-16-8-3-9-17(11-10-16)14-12(4-2-7-15-14)5-6-13(18)19/h2,4-7H,3,8-11H2,1H3,(H,18,19)/b6-5+. The first-order valence-electron chi connectivity index (χ1n) is 6.46. The van der Waals surface area contributed by atoms with Crippen LogP contribution in [0.15, 0.2) is 24.4 Å². The first kappa shape index (κ1) is 13.5. The fraction of sp³-hybridized carbons (Fsp3) is 0.429. The van der Waals surface area contributed by atoms with Crippen molar-refractivity contribution in [2.45, 2.75) is 6.42 Å². The summed E-state index contributed by atoms with van der Waals surface area (Å²) in [5.74, 6) is -0.0688. The van der Waals surface area contributed by atoms with Crippen LogP contribution in [0, 0.1) is 0 Å². The van der Waals surface area contributed by atoms with Crippen molar-refractivity contribution in [3.63, 3.8) is 0 Å². The maximum atomic E-state index is 10.6. The molecule has 1 aliphatic heterocycles. The van der Waals surface area contributed by atoms with Crippen LogP contribution in [0.3, 0.4) is 0 Å². The van der Waals surface area contributed by atoms with E-state index in [0.29, 0.717) is 0 Å². The molecule has 2 rings (SSSR count). The zero-order valence-corrected chi connectivity index (χ0v) is 11.1. The fourth-order valence-corrected chi connectivity index (χ4v) is 2.22. The van der Waals surface area contributed by atoms with Crippen molar-refractivity contribution < 1.29 is 9.90 Å². The van der Waals surface area contributed by atoms with E-state index >= 15 is 0 Å². The Kier molecular flexibility index (Phi) is 4.52. The van der Waals surface area contributed by atoms with Crippen molar-refractivity contribution >= 4 is 17.9 Å². The molecule has 1 aromatic heterocycles. The molecule has 19 heavy (non-hydrogen) atoms. The number of aromatic nitrogens is 1. The second-order valence-corrected chi connectivity index (χ2v) is 4.73. The van der Waals surface area contributed by atoms with E-state index < -0.39 is 5.97 Å². The predicted octanol–water partition coefficient (Wildman–Crippen LogP) is 1.32. The molecule has 0 spiro atoms. The van der Waals surface area contributed by atoms with Gasteiger partial charge >= 0.3 is 5.97 Å². The van der Waals surface area contributed by atoms with Gasteiger partial charge < -0.3 is 14.9 Å². The Balaban J connectivity index is 2.21. The predicted molar refractivity (Wildman–Crippen MR) is 75.2 cm³/mol. The SMILES string of the molecule is CN1CCCN(c2ncccc2/C=C/C(=O)O)CC1. The largest absolute Gasteiger partial charge is 0.478 e. The van der Waals surface area contributed by atoms with Crippen LogP contribution < -0.4 is 4.90 Å². The van der Waals surface area contributed by atoms with Gasteiger partial charge in [0.1, 0.15) is 5.82 Å². The quantitative estimate of drug-likeness (QED) is 0.832. The van der Waals surface area contributed by atoms with Crippen LogP contribution in [0.5, 0.6) is 0 Å². The number of rotatable bonds is 3. The Morgan fingerprint density at radius 3 is 3.00 bits per heavy atom. The molecule has 1 aromatic rings. The molecule has 102 valence electrons. The first-order chi connectivity index (χ1) is 9.16. The molecule has 0 aromatic carbocycles. The lowest BCUT2D eigenvalue weighted by Crippen LogP contribution is -2.29. The summed E-state index contributed by atoms with van der Waals surface area (Å²) in [6.07, 6.45) is 5.61. The van der Waals surface area contributed by atoms with Gasteiger partial charge in [-0.25, -0.2) is 9.78 Å². The topological polar surface area (TPSA) is 56.7 Å². The minimum Gasteiger partial charge on any atom is -0.478 e. The molecule has 0 unspecified atom stereocenters. The molecule has 2 heterocycles. The van der Waals surface area contributed by atoms with Gasteiger partial charge in [-0.05, 0) is 38.2 Å². The molecule has 5 nitrogen and oxygen atoms in total. The molecule has 1 saturated heterocycles. The highest BCUT2D eigenvalue weighted by molar-refractivity contribution is 5.86. The van der Waals surface area contributed by atoms with Crippen molar-refractivity contribution in [3.05, 3.63) is 30.0 Å². The molecule has 0 radical (unpaired) electrons. The minimum atomic E-state index is -0.939. The Morgan fingerprint density at radius 1 is 1.37 bits per heavy atom. The number of carbonyl (C=O) groups is 1. The highest BCUT2D eigenvalue weighted by atomic mass is 16.4. The lowest BCUT2D eigenvalue weighted by atomic mass is 10.2. The molecular weight excluding hydrogens is 242 g/mol. The molecule has 5 heteroatoms. The molecule has 0 aliphatic carbocycles. The van der Waals surface area contributed by atoms with E-state index in [-0.39, 0.29) is 0 Å². The number of carboxylic acid groups (broad SMARTS) is 1. The van der Waals surface area contributed by atoms with Crippen LogP contribution in [-0.2, 0) is 4.79 Å². The second-order valence-electron chi connectivity index (χ2n) is 4.73. The number of pyridine rings is 1. The van der Waals surface area contributed by atoms with Crippen molar-refractivity contribution in [2.24, 2.45) is 0 Å². The van der Waals surface area contributed by atoms with Gasteiger partial charge in [0.2, 0.25) is 0 Å². The maximum Gasteiger partial charge on any atom is 0.328 e. The van der Waals surface area contributed by atoms with Gasteiger partial charge in [0, 0.05) is 37.5 Å². The summed E-state index contributed by atoms with van der Waals surface area (Å²) < 4.78 is 0. The van der Waals surface area contributed by atoms with Crippen LogP contribution >= 0.6 is 0 Å². The van der Waals surface area contributed by atoms with E-state index in [4.69, 9.17) is 5.11 Å². The summed E-state index contributed by atoms with van der Waals surface area (Å²) in [6, 6.07) is 3.73. The second kappa shape index (κ2) is 6.33.